The lowest BCUT2D eigenvalue weighted by molar-refractivity contribution is 0.0692. The molecule has 2 rings (SSSR count). The van der Waals surface area contributed by atoms with E-state index >= 15 is 0 Å². The zero-order chi connectivity index (χ0) is 14.7. The minimum atomic E-state index is -1.35. The van der Waals surface area contributed by atoms with Crippen LogP contribution in [0.1, 0.15) is 15.9 Å². The zero-order valence-electron chi connectivity index (χ0n) is 10.4. The molecule has 0 spiro atoms. The molecule has 104 valence electrons. The van der Waals surface area contributed by atoms with E-state index in [-0.39, 0.29) is 5.69 Å². The highest BCUT2D eigenvalue weighted by Gasteiger charge is 2.13. The van der Waals surface area contributed by atoms with Gasteiger partial charge in [-0.05, 0) is 29.8 Å². The Morgan fingerprint density at radius 2 is 2.10 bits per heavy atom. The third-order valence-corrected chi connectivity index (χ3v) is 2.98. The van der Waals surface area contributed by atoms with Crippen molar-refractivity contribution >= 4 is 28.9 Å². The Kier molecular flexibility index (Phi) is 4.10. The standard InChI is InChI=1S/C14H12ClFN2O2/c15-9-3-1-2-8(4-9)7-18-13-6-11(16)10(14(19)20)5-12(13)17/h1-6,18H,7,17H2,(H,19,20). The summed E-state index contributed by atoms with van der Waals surface area (Å²) in [6.45, 7) is 0.399. The molecule has 0 fully saturated rings. The predicted molar refractivity (Wildman–Crippen MR) is 76.6 cm³/mol. The van der Waals surface area contributed by atoms with Gasteiger partial charge in [-0.3, -0.25) is 0 Å². The van der Waals surface area contributed by atoms with E-state index in [1.807, 2.05) is 6.07 Å². The largest absolute Gasteiger partial charge is 0.478 e. The van der Waals surface area contributed by atoms with Crippen molar-refractivity contribution in [1.29, 1.82) is 0 Å². The average Bonchev–Trinajstić information content (AvgIpc) is 2.39. The molecule has 0 atom stereocenters. The molecule has 0 saturated heterocycles. The fourth-order valence-corrected chi connectivity index (χ4v) is 1.96. The number of benzene rings is 2. The first-order valence-electron chi connectivity index (χ1n) is 5.78. The van der Waals surface area contributed by atoms with Gasteiger partial charge in [0.25, 0.3) is 0 Å². The number of nitrogens with one attached hydrogen (secondary N) is 1. The maximum atomic E-state index is 13.6. The van der Waals surface area contributed by atoms with Crippen molar-refractivity contribution in [3.8, 4) is 0 Å². The summed E-state index contributed by atoms with van der Waals surface area (Å²) >= 11 is 5.86. The molecule has 2 aromatic rings. The van der Waals surface area contributed by atoms with Crippen molar-refractivity contribution < 1.29 is 14.3 Å². The fourth-order valence-electron chi connectivity index (χ4n) is 1.75. The third kappa shape index (κ3) is 3.19. The normalized spacial score (nSPS) is 10.3. The molecule has 6 heteroatoms. The van der Waals surface area contributed by atoms with Crippen LogP contribution in [0.4, 0.5) is 15.8 Å². The highest BCUT2D eigenvalue weighted by Crippen LogP contribution is 2.24. The van der Waals surface area contributed by atoms with Crippen LogP contribution < -0.4 is 11.1 Å². The van der Waals surface area contributed by atoms with Crippen LogP contribution in [-0.4, -0.2) is 11.1 Å². The number of anilines is 2. The van der Waals surface area contributed by atoms with Gasteiger partial charge in [0.05, 0.1) is 16.9 Å². The molecule has 0 radical (unpaired) electrons. The van der Waals surface area contributed by atoms with E-state index in [0.717, 1.165) is 17.7 Å². The Morgan fingerprint density at radius 3 is 2.75 bits per heavy atom. The van der Waals surface area contributed by atoms with E-state index in [4.69, 9.17) is 22.4 Å². The second kappa shape index (κ2) is 5.79. The van der Waals surface area contributed by atoms with E-state index in [1.54, 1.807) is 18.2 Å². The molecule has 0 heterocycles. The van der Waals surface area contributed by atoms with Gasteiger partial charge in [0.15, 0.2) is 0 Å². The van der Waals surface area contributed by atoms with Crippen molar-refractivity contribution in [3.63, 3.8) is 0 Å². The molecule has 2 aromatic carbocycles. The smallest absolute Gasteiger partial charge is 0.338 e. The fraction of sp³-hybridized carbons (Fsp3) is 0.0714. The lowest BCUT2D eigenvalue weighted by Gasteiger charge is -2.11. The minimum absolute atomic E-state index is 0.172. The molecule has 0 aliphatic heterocycles. The number of carboxylic acid groups (broad SMARTS) is 1. The number of aromatic carboxylic acids is 1. The van der Waals surface area contributed by atoms with E-state index in [9.17, 15) is 9.18 Å². The second-order valence-electron chi connectivity index (χ2n) is 4.21. The van der Waals surface area contributed by atoms with Crippen molar-refractivity contribution in [2.24, 2.45) is 0 Å². The maximum absolute atomic E-state index is 13.6. The van der Waals surface area contributed by atoms with E-state index < -0.39 is 17.3 Å². The van der Waals surface area contributed by atoms with E-state index in [1.165, 1.54) is 0 Å². The SMILES string of the molecule is Nc1cc(C(=O)O)c(F)cc1NCc1cccc(Cl)c1. The summed E-state index contributed by atoms with van der Waals surface area (Å²) in [6.07, 6.45) is 0. The lowest BCUT2D eigenvalue weighted by atomic mass is 10.1. The molecule has 4 nitrogen and oxygen atoms in total. The first-order chi connectivity index (χ1) is 9.47. The van der Waals surface area contributed by atoms with Gasteiger partial charge in [-0.25, -0.2) is 9.18 Å². The van der Waals surface area contributed by atoms with Crippen molar-refractivity contribution in [1.82, 2.24) is 0 Å². The summed E-state index contributed by atoms with van der Waals surface area (Å²) in [5, 5.41) is 12.3. The second-order valence-corrected chi connectivity index (χ2v) is 4.64. The molecule has 0 aliphatic carbocycles. The average molecular weight is 295 g/mol. The topological polar surface area (TPSA) is 75.4 Å². The van der Waals surface area contributed by atoms with Gasteiger partial charge in [-0.1, -0.05) is 23.7 Å². The number of nitrogens with two attached hydrogens (primary N) is 1. The van der Waals surface area contributed by atoms with Crippen LogP contribution in [0, 0.1) is 5.82 Å². The van der Waals surface area contributed by atoms with Gasteiger partial charge < -0.3 is 16.2 Å². The first kappa shape index (κ1) is 14.1. The summed E-state index contributed by atoms with van der Waals surface area (Å²) in [7, 11) is 0. The number of hydrogen-bond donors (Lipinski definition) is 3. The summed E-state index contributed by atoms with van der Waals surface area (Å²) in [4.78, 5) is 10.8. The van der Waals surface area contributed by atoms with Gasteiger partial charge in [0.1, 0.15) is 5.82 Å². The number of carbonyl (C=O) groups is 1. The molecule has 20 heavy (non-hydrogen) atoms. The molecular formula is C14H12ClFN2O2. The molecular weight excluding hydrogens is 283 g/mol. The highest BCUT2D eigenvalue weighted by molar-refractivity contribution is 6.30. The van der Waals surface area contributed by atoms with Gasteiger partial charge in [0, 0.05) is 11.6 Å². The van der Waals surface area contributed by atoms with Gasteiger partial charge in [-0.2, -0.15) is 0 Å². The van der Waals surface area contributed by atoms with Crippen molar-refractivity contribution in [2.75, 3.05) is 11.1 Å². The number of hydrogen-bond acceptors (Lipinski definition) is 3. The van der Waals surface area contributed by atoms with Gasteiger partial charge >= 0.3 is 5.97 Å². The third-order valence-electron chi connectivity index (χ3n) is 2.74. The van der Waals surface area contributed by atoms with Crippen LogP contribution in [0.25, 0.3) is 0 Å². The monoisotopic (exact) mass is 294 g/mol. The Bertz CT molecular complexity index is 662. The molecule has 0 aliphatic rings. The zero-order valence-corrected chi connectivity index (χ0v) is 11.1. The number of halogens is 2. The molecule has 0 amide bonds. The van der Waals surface area contributed by atoms with Crippen LogP contribution in [0.3, 0.4) is 0 Å². The number of rotatable bonds is 4. The first-order valence-corrected chi connectivity index (χ1v) is 6.16. The Morgan fingerprint density at radius 1 is 1.35 bits per heavy atom. The van der Waals surface area contributed by atoms with Crippen LogP contribution >= 0.6 is 11.6 Å². The Balaban J connectivity index is 2.18. The van der Waals surface area contributed by atoms with Gasteiger partial charge in [0.2, 0.25) is 0 Å². The minimum Gasteiger partial charge on any atom is -0.478 e. The highest BCUT2D eigenvalue weighted by atomic mass is 35.5. The predicted octanol–water partition coefficient (Wildman–Crippen LogP) is 3.37. The van der Waals surface area contributed by atoms with Crippen LogP contribution in [0.2, 0.25) is 5.02 Å². The molecule has 0 saturated carbocycles. The summed E-state index contributed by atoms with van der Waals surface area (Å²) in [5.74, 6) is -2.18. The van der Waals surface area contributed by atoms with E-state index in [2.05, 4.69) is 5.32 Å². The molecule has 0 unspecified atom stereocenters. The van der Waals surface area contributed by atoms with Crippen LogP contribution in [0.15, 0.2) is 36.4 Å². The summed E-state index contributed by atoms with van der Waals surface area (Å²) in [5.41, 5.74) is 6.67. The maximum Gasteiger partial charge on any atom is 0.338 e. The van der Waals surface area contributed by atoms with Crippen molar-refractivity contribution in [3.05, 3.63) is 58.4 Å². The van der Waals surface area contributed by atoms with Crippen LogP contribution in [0.5, 0.6) is 0 Å². The quantitative estimate of drug-likeness (QED) is 0.756. The summed E-state index contributed by atoms with van der Waals surface area (Å²) < 4.78 is 13.6. The van der Waals surface area contributed by atoms with Crippen molar-refractivity contribution in [2.45, 2.75) is 6.54 Å². The summed E-state index contributed by atoms with van der Waals surface area (Å²) in [6, 6.07) is 9.35. The molecule has 0 bridgehead atoms. The number of nitrogen functional groups attached to an aromatic ring is 1. The van der Waals surface area contributed by atoms with E-state index in [0.29, 0.717) is 17.3 Å². The molecule has 0 aromatic heterocycles. The Labute approximate surface area is 120 Å². The van der Waals surface area contributed by atoms with Gasteiger partial charge in [-0.15, -0.1) is 0 Å². The number of carboxylic acids is 1. The van der Waals surface area contributed by atoms with Crippen LogP contribution in [-0.2, 0) is 6.54 Å². The Hall–Kier alpha value is -2.27. The lowest BCUT2D eigenvalue weighted by Crippen LogP contribution is -2.07. The molecule has 4 N–H and O–H groups in total.